The Labute approximate surface area is 145 Å². The third kappa shape index (κ3) is 3.53. The molecule has 0 aliphatic rings. The predicted octanol–water partition coefficient (Wildman–Crippen LogP) is 4.18. The molecule has 9 heteroatoms. The molecular weight excluding hydrogens is 364 g/mol. The zero-order valence-electron chi connectivity index (χ0n) is 13.2. The Morgan fingerprint density at radius 3 is 2.56 bits per heavy atom. The molecule has 1 aromatic carbocycles. The number of allylic oxidation sites excluding steroid dienone is 1. The summed E-state index contributed by atoms with van der Waals surface area (Å²) < 4.78 is 53.5. The van der Waals surface area contributed by atoms with Crippen molar-refractivity contribution in [1.82, 2.24) is 9.78 Å². The van der Waals surface area contributed by atoms with Crippen LogP contribution in [0.4, 0.5) is 17.6 Å². The van der Waals surface area contributed by atoms with Gasteiger partial charge in [0.1, 0.15) is 11.4 Å². The Bertz CT molecular complexity index is 920. The SMILES string of the molecule is C=C(C)Cc1c(O)c(Cl)cc(F)c1-n1ncc(C(F)(F)F)c(C)c1=O. The van der Waals surface area contributed by atoms with E-state index in [1.807, 2.05) is 0 Å². The van der Waals surface area contributed by atoms with E-state index in [-0.39, 0.29) is 17.0 Å². The van der Waals surface area contributed by atoms with E-state index < -0.39 is 40.1 Å². The van der Waals surface area contributed by atoms with Gasteiger partial charge in [-0.1, -0.05) is 23.8 Å². The zero-order chi connectivity index (χ0) is 19.1. The molecular formula is C16H13ClF4N2O2. The van der Waals surface area contributed by atoms with Crippen LogP contribution in [0, 0.1) is 12.7 Å². The third-order valence-corrected chi connectivity index (χ3v) is 3.78. The molecule has 0 saturated heterocycles. The fourth-order valence-electron chi connectivity index (χ4n) is 2.33. The smallest absolute Gasteiger partial charge is 0.418 e. The summed E-state index contributed by atoms with van der Waals surface area (Å²) >= 11 is 5.74. The number of aromatic hydroxyl groups is 1. The minimum atomic E-state index is -4.77. The van der Waals surface area contributed by atoms with Gasteiger partial charge in [-0.25, -0.2) is 4.39 Å². The van der Waals surface area contributed by atoms with Crippen molar-refractivity contribution < 1.29 is 22.7 Å². The minimum Gasteiger partial charge on any atom is -0.506 e. The van der Waals surface area contributed by atoms with Gasteiger partial charge in [0, 0.05) is 11.1 Å². The molecule has 1 heterocycles. The van der Waals surface area contributed by atoms with Crippen LogP contribution in [0.5, 0.6) is 5.75 Å². The van der Waals surface area contributed by atoms with E-state index in [1.54, 1.807) is 6.92 Å². The number of phenolic OH excluding ortho intramolecular Hbond substituents is 1. The van der Waals surface area contributed by atoms with Crippen molar-refractivity contribution in [2.45, 2.75) is 26.4 Å². The van der Waals surface area contributed by atoms with E-state index in [9.17, 15) is 27.5 Å². The highest BCUT2D eigenvalue weighted by Gasteiger charge is 2.35. The lowest BCUT2D eigenvalue weighted by molar-refractivity contribution is -0.138. The van der Waals surface area contributed by atoms with Gasteiger partial charge in [0.05, 0.1) is 16.8 Å². The Hall–Kier alpha value is -2.35. The largest absolute Gasteiger partial charge is 0.506 e. The van der Waals surface area contributed by atoms with Crippen LogP contribution in [-0.2, 0) is 12.6 Å². The van der Waals surface area contributed by atoms with Crippen LogP contribution in [0.2, 0.25) is 5.02 Å². The van der Waals surface area contributed by atoms with Crippen molar-refractivity contribution in [3.05, 3.63) is 62.3 Å². The molecule has 25 heavy (non-hydrogen) atoms. The van der Waals surface area contributed by atoms with Crippen molar-refractivity contribution >= 4 is 11.6 Å². The van der Waals surface area contributed by atoms with Crippen LogP contribution in [0.25, 0.3) is 5.69 Å². The number of benzene rings is 1. The molecule has 0 spiro atoms. The molecule has 2 aromatic rings. The number of rotatable bonds is 3. The maximum atomic E-state index is 14.4. The van der Waals surface area contributed by atoms with Crippen molar-refractivity contribution in [2.24, 2.45) is 0 Å². The molecule has 0 amide bonds. The van der Waals surface area contributed by atoms with Gasteiger partial charge < -0.3 is 5.11 Å². The first-order valence-corrected chi connectivity index (χ1v) is 7.33. The van der Waals surface area contributed by atoms with Crippen molar-refractivity contribution in [3.63, 3.8) is 0 Å². The van der Waals surface area contributed by atoms with Gasteiger partial charge >= 0.3 is 6.18 Å². The molecule has 1 N–H and O–H groups in total. The zero-order valence-corrected chi connectivity index (χ0v) is 14.0. The second-order valence-corrected chi connectivity index (χ2v) is 5.96. The van der Waals surface area contributed by atoms with E-state index in [0.29, 0.717) is 16.5 Å². The first kappa shape index (κ1) is 19.0. The summed E-state index contributed by atoms with van der Waals surface area (Å²) in [5.74, 6) is -1.50. The van der Waals surface area contributed by atoms with Gasteiger partial charge in [0.25, 0.3) is 5.56 Å². The minimum absolute atomic E-state index is 0.0488. The Morgan fingerprint density at radius 1 is 1.44 bits per heavy atom. The molecule has 4 nitrogen and oxygen atoms in total. The van der Waals surface area contributed by atoms with Crippen LogP contribution in [0.3, 0.4) is 0 Å². The lowest BCUT2D eigenvalue weighted by Gasteiger charge is -2.16. The lowest BCUT2D eigenvalue weighted by atomic mass is 10.0. The van der Waals surface area contributed by atoms with Gasteiger partial charge in [-0.2, -0.15) is 23.0 Å². The van der Waals surface area contributed by atoms with E-state index >= 15 is 0 Å². The summed E-state index contributed by atoms with van der Waals surface area (Å²) in [6.45, 7) is 6.20. The number of phenols is 1. The maximum Gasteiger partial charge on any atom is 0.418 e. The highest BCUT2D eigenvalue weighted by Crippen LogP contribution is 2.36. The number of halogens is 5. The summed E-state index contributed by atoms with van der Waals surface area (Å²) in [7, 11) is 0. The molecule has 0 fully saturated rings. The van der Waals surface area contributed by atoms with Gasteiger partial charge in [0.2, 0.25) is 0 Å². The summed E-state index contributed by atoms with van der Waals surface area (Å²) in [6.07, 6.45) is -4.38. The van der Waals surface area contributed by atoms with Crippen LogP contribution in [-0.4, -0.2) is 14.9 Å². The highest BCUT2D eigenvalue weighted by atomic mass is 35.5. The molecule has 0 bridgehead atoms. The van der Waals surface area contributed by atoms with Crippen molar-refractivity contribution in [3.8, 4) is 11.4 Å². The number of hydrogen-bond donors (Lipinski definition) is 1. The van der Waals surface area contributed by atoms with Crippen molar-refractivity contribution in [1.29, 1.82) is 0 Å². The van der Waals surface area contributed by atoms with Gasteiger partial charge in [-0.3, -0.25) is 4.79 Å². The molecule has 0 atom stereocenters. The van der Waals surface area contributed by atoms with Gasteiger partial charge in [-0.15, -0.1) is 0 Å². The molecule has 2 rings (SSSR count). The van der Waals surface area contributed by atoms with E-state index in [2.05, 4.69) is 11.7 Å². The summed E-state index contributed by atoms with van der Waals surface area (Å²) in [5, 5.41) is 13.2. The average Bonchev–Trinajstić information content (AvgIpc) is 2.46. The molecule has 0 unspecified atom stereocenters. The van der Waals surface area contributed by atoms with Crippen molar-refractivity contribution in [2.75, 3.05) is 0 Å². The molecule has 134 valence electrons. The normalized spacial score (nSPS) is 11.6. The summed E-state index contributed by atoms with van der Waals surface area (Å²) in [5.41, 5.74) is -3.06. The first-order valence-electron chi connectivity index (χ1n) is 6.95. The van der Waals surface area contributed by atoms with Gasteiger partial charge in [-0.05, 0) is 26.3 Å². The topological polar surface area (TPSA) is 55.1 Å². The number of nitrogens with zero attached hydrogens (tertiary/aromatic N) is 2. The third-order valence-electron chi connectivity index (χ3n) is 3.49. The van der Waals surface area contributed by atoms with Gasteiger partial charge in [0.15, 0.2) is 5.82 Å². The molecule has 0 aliphatic heterocycles. The number of alkyl halides is 3. The monoisotopic (exact) mass is 376 g/mol. The molecule has 0 radical (unpaired) electrons. The number of hydrogen-bond acceptors (Lipinski definition) is 3. The fourth-order valence-corrected chi connectivity index (χ4v) is 2.54. The predicted molar refractivity (Wildman–Crippen MR) is 84.7 cm³/mol. The van der Waals surface area contributed by atoms with Crippen LogP contribution in [0.15, 0.2) is 29.2 Å². The summed E-state index contributed by atoms with van der Waals surface area (Å²) in [6, 6.07) is 0.759. The lowest BCUT2D eigenvalue weighted by Crippen LogP contribution is -2.28. The second kappa shape index (κ2) is 6.51. The fraction of sp³-hybridized carbons (Fsp3) is 0.250. The average molecular weight is 377 g/mol. The van der Waals surface area contributed by atoms with Crippen LogP contribution in [0.1, 0.15) is 23.6 Å². The molecule has 0 aliphatic carbocycles. The first-order chi connectivity index (χ1) is 11.4. The highest BCUT2D eigenvalue weighted by molar-refractivity contribution is 6.32. The molecule has 0 saturated carbocycles. The second-order valence-electron chi connectivity index (χ2n) is 5.55. The molecule has 1 aromatic heterocycles. The standard InChI is InChI=1S/C16H13ClF4N2O2/c1-7(2)4-9-13(12(18)5-11(17)14(9)24)23-15(25)8(3)10(6-22-23)16(19,20)21/h5-6,24H,1,4H2,2-3H3. The number of aromatic nitrogens is 2. The van der Waals surface area contributed by atoms with E-state index in [1.165, 1.54) is 0 Å². The Balaban J connectivity index is 2.84. The van der Waals surface area contributed by atoms with E-state index in [0.717, 1.165) is 13.0 Å². The quantitative estimate of drug-likeness (QED) is 0.646. The Kier molecular flexibility index (Phi) is 4.94. The maximum absolute atomic E-state index is 14.4. The van der Waals surface area contributed by atoms with Crippen LogP contribution < -0.4 is 5.56 Å². The van der Waals surface area contributed by atoms with Crippen LogP contribution >= 0.6 is 11.6 Å². The Morgan fingerprint density at radius 2 is 2.04 bits per heavy atom. The summed E-state index contributed by atoms with van der Waals surface area (Å²) in [4.78, 5) is 12.3. The van der Waals surface area contributed by atoms with E-state index in [4.69, 9.17) is 11.6 Å².